The fourth-order valence-electron chi connectivity index (χ4n) is 3.36. The van der Waals surface area contributed by atoms with E-state index in [0.29, 0.717) is 26.1 Å². The van der Waals surface area contributed by atoms with Gasteiger partial charge in [-0.25, -0.2) is 4.68 Å². The van der Waals surface area contributed by atoms with Crippen LogP contribution in [0, 0.1) is 11.3 Å². The van der Waals surface area contributed by atoms with Crippen molar-refractivity contribution in [1.29, 1.82) is 5.26 Å². The number of furan rings is 1. The molecule has 0 aliphatic rings. The predicted octanol–water partition coefficient (Wildman–Crippen LogP) is 5.05. The Morgan fingerprint density at radius 1 is 0.931 bits per heavy atom. The van der Waals surface area contributed by atoms with Gasteiger partial charge in [0.25, 0.3) is 0 Å². The van der Waals surface area contributed by atoms with Crippen LogP contribution < -0.4 is 0 Å². The number of nitriles is 1. The molecule has 0 saturated carbocycles. The molecule has 144 valence electrons. The van der Waals surface area contributed by atoms with Gasteiger partial charge >= 0.3 is 0 Å². The monoisotopic (exact) mass is 382 g/mol. The third-order valence-electron chi connectivity index (χ3n) is 4.75. The highest BCUT2D eigenvalue weighted by molar-refractivity contribution is 5.63. The van der Waals surface area contributed by atoms with Gasteiger partial charge in [-0.05, 0) is 24.3 Å². The second kappa shape index (κ2) is 9.05. The molecule has 0 fully saturated rings. The van der Waals surface area contributed by atoms with Crippen molar-refractivity contribution in [3.63, 3.8) is 0 Å². The quantitative estimate of drug-likeness (QED) is 0.428. The maximum Gasteiger partial charge on any atom is 0.117 e. The first kappa shape index (κ1) is 18.7. The SMILES string of the molecule is N#CCCN(Cc1ccco1)Cc1cn(-c2ccccc2)nc1-c1ccccc1. The molecule has 5 heteroatoms. The van der Waals surface area contributed by atoms with Crippen molar-refractivity contribution in [3.05, 3.63) is 96.6 Å². The Hall–Kier alpha value is -3.62. The van der Waals surface area contributed by atoms with Crippen LogP contribution in [-0.2, 0) is 13.1 Å². The first-order chi connectivity index (χ1) is 14.3. The van der Waals surface area contributed by atoms with Gasteiger partial charge < -0.3 is 4.42 Å². The minimum atomic E-state index is 0.466. The van der Waals surface area contributed by atoms with E-state index in [9.17, 15) is 0 Å². The average molecular weight is 382 g/mol. The van der Waals surface area contributed by atoms with E-state index in [1.807, 2.05) is 65.3 Å². The summed E-state index contributed by atoms with van der Waals surface area (Å²) in [4.78, 5) is 2.22. The first-order valence-corrected chi connectivity index (χ1v) is 9.64. The molecular formula is C24H22N4O. The van der Waals surface area contributed by atoms with Crippen molar-refractivity contribution < 1.29 is 4.42 Å². The molecule has 0 unspecified atom stereocenters. The van der Waals surface area contributed by atoms with E-state index in [-0.39, 0.29) is 0 Å². The normalized spacial score (nSPS) is 10.9. The Morgan fingerprint density at radius 3 is 2.38 bits per heavy atom. The summed E-state index contributed by atoms with van der Waals surface area (Å²) >= 11 is 0. The van der Waals surface area contributed by atoms with E-state index in [1.165, 1.54) is 0 Å². The molecule has 4 aromatic rings. The smallest absolute Gasteiger partial charge is 0.117 e. The standard InChI is InChI=1S/C24H22N4O/c25-14-8-15-27(19-23-13-7-16-29-23)17-21-18-28(22-11-5-2-6-12-22)26-24(21)20-9-3-1-4-10-20/h1-7,9-13,16,18H,8,15,17,19H2. The van der Waals surface area contributed by atoms with Crippen LogP contribution in [0.25, 0.3) is 16.9 Å². The van der Waals surface area contributed by atoms with Gasteiger partial charge in [-0.1, -0.05) is 48.5 Å². The van der Waals surface area contributed by atoms with Crippen molar-refractivity contribution in [2.45, 2.75) is 19.5 Å². The Balaban J connectivity index is 1.68. The maximum atomic E-state index is 9.08. The molecule has 0 aliphatic carbocycles. The fraction of sp³-hybridized carbons (Fsp3) is 0.167. The van der Waals surface area contributed by atoms with Crippen molar-refractivity contribution in [1.82, 2.24) is 14.7 Å². The molecule has 0 spiro atoms. The molecule has 0 saturated heterocycles. The molecule has 5 nitrogen and oxygen atoms in total. The maximum absolute atomic E-state index is 9.08. The van der Waals surface area contributed by atoms with E-state index >= 15 is 0 Å². The fourth-order valence-corrected chi connectivity index (χ4v) is 3.36. The van der Waals surface area contributed by atoms with Crippen molar-refractivity contribution >= 4 is 0 Å². The van der Waals surface area contributed by atoms with Gasteiger partial charge in [0.05, 0.1) is 30.3 Å². The highest BCUT2D eigenvalue weighted by atomic mass is 16.3. The highest BCUT2D eigenvalue weighted by Gasteiger charge is 2.16. The van der Waals surface area contributed by atoms with Crippen LogP contribution in [-0.4, -0.2) is 21.2 Å². The summed E-state index contributed by atoms with van der Waals surface area (Å²) in [6.45, 7) is 2.00. The van der Waals surface area contributed by atoms with E-state index in [4.69, 9.17) is 14.8 Å². The molecular weight excluding hydrogens is 360 g/mol. The molecule has 2 aromatic carbocycles. The zero-order chi connectivity index (χ0) is 19.9. The van der Waals surface area contributed by atoms with Gasteiger partial charge in [0.2, 0.25) is 0 Å². The third-order valence-corrected chi connectivity index (χ3v) is 4.75. The van der Waals surface area contributed by atoms with Crippen LogP contribution in [0.4, 0.5) is 0 Å². The van der Waals surface area contributed by atoms with Crippen LogP contribution in [0.5, 0.6) is 0 Å². The molecule has 0 N–H and O–H groups in total. The Labute approximate surface area is 170 Å². The number of hydrogen-bond donors (Lipinski definition) is 0. The summed E-state index contributed by atoms with van der Waals surface area (Å²) in [5.74, 6) is 0.889. The van der Waals surface area contributed by atoms with Gasteiger partial charge in [-0.3, -0.25) is 4.90 Å². The Kier molecular flexibility index (Phi) is 5.84. The summed E-state index contributed by atoms with van der Waals surface area (Å²) in [5.41, 5.74) is 4.17. The molecule has 29 heavy (non-hydrogen) atoms. The molecule has 0 amide bonds. The summed E-state index contributed by atoms with van der Waals surface area (Å²) < 4.78 is 7.45. The zero-order valence-corrected chi connectivity index (χ0v) is 16.1. The van der Waals surface area contributed by atoms with Gasteiger partial charge in [-0.2, -0.15) is 10.4 Å². The van der Waals surface area contributed by atoms with Crippen molar-refractivity contribution in [3.8, 4) is 23.0 Å². The van der Waals surface area contributed by atoms with Crippen molar-refractivity contribution in [2.75, 3.05) is 6.54 Å². The van der Waals surface area contributed by atoms with E-state index in [2.05, 4.69) is 29.3 Å². The topological polar surface area (TPSA) is 58.0 Å². The third kappa shape index (κ3) is 4.63. The van der Waals surface area contributed by atoms with Crippen LogP contribution >= 0.6 is 0 Å². The summed E-state index contributed by atoms with van der Waals surface area (Å²) in [6, 6.07) is 26.4. The first-order valence-electron chi connectivity index (χ1n) is 9.64. The number of hydrogen-bond acceptors (Lipinski definition) is 4. The number of rotatable bonds is 8. The molecule has 0 atom stereocenters. The predicted molar refractivity (Wildman–Crippen MR) is 112 cm³/mol. The molecule has 2 aromatic heterocycles. The Bertz CT molecular complexity index is 1060. The number of nitrogens with zero attached hydrogens (tertiary/aromatic N) is 4. The lowest BCUT2D eigenvalue weighted by atomic mass is 10.1. The second-order valence-electron chi connectivity index (χ2n) is 6.85. The highest BCUT2D eigenvalue weighted by Crippen LogP contribution is 2.25. The van der Waals surface area contributed by atoms with Gasteiger partial charge in [0.15, 0.2) is 0 Å². The van der Waals surface area contributed by atoms with E-state index < -0.39 is 0 Å². The molecule has 0 radical (unpaired) electrons. The molecule has 0 aliphatic heterocycles. The van der Waals surface area contributed by atoms with Gasteiger partial charge in [0.1, 0.15) is 5.76 Å². The minimum Gasteiger partial charge on any atom is -0.468 e. The molecule has 4 rings (SSSR count). The molecule has 2 heterocycles. The van der Waals surface area contributed by atoms with E-state index in [0.717, 1.165) is 28.3 Å². The second-order valence-corrected chi connectivity index (χ2v) is 6.85. The number of para-hydroxylation sites is 1. The Morgan fingerprint density at radius 2 is 1.69 bits per heavy atom. The largest absolute Gasteiger partial charge is 0.468 e. The minimum absolute atomic E-state index is 0.466. The van der Waals surface area contributed by atoms with Crippen LogP contribution in [0.3, 0.4) is 0 Å². The van der Waals surface area contributed by atoms with Crippen LogP contribution in [0.2, 0.25) is 0 Å². The lowest BCUT2D eigenvalue weighted by Crippen LogP contribution is -2.23. The van der Waals surface area contributed by atoms with Gasteiger partial charge in [-0.15, -0.1) is 0 Å². The lowest BCUT2D eigenvalue weighted by Gasteiger charge is -2.19. The van der Waals surface area contributed by atoms with Crippen LogP contribution in [0.1, 0.15) is 17.7 Å². The van der Waals surface area contributed by atoms with E-state index in [1.54, 1.807) is 6.26 Å². The summed E-state index contributed by atoms with van der Waals surface area (Å²) in [7, 11) is 0. The molecule has 0 bridgehead atoms. The number of benzene rings is 2. The van der Waals surface area contributed by atoms with Crippen LogP contribution in [0.15, 0.2) is 89.7 Å². The summed E-state index contributed by atoms with van der Waals surface area (Å²) in [6.07, 6.45) is 4.23. The van der Waals surface area contributed by atoms with Gasteiger partial charge in [0, 0.05) is 36.8 Å². The number of aromatic nitrogens is 2. The zero-order valence-electron chi connectivity index (χ0n) is 16.1. The average Bonchev–Trinajstić information content (AvgIpc) is 3.43. The summed E-state index contributed by atoms with van der Waals surface area (Å²) in [5, 5.41) is 14.0. The van der Waals surface area contributed by atoms with Crippen molar-refractivity contribution in [2.24, 2.45) is 0 Å². The lowest BCUT2D eigenvalue weighted by molar-refractivity contribution is 0.241.